The van der Waals surface area contributed by atoms with E-state index in [9.17, 15) is 14.0 Å². The van der Waals surface area contributed by atoms with Crippen LogP contribution in [0, 0.1) is 5.82 Å². The maximum Gasteiger partial charge on any atom is 0.337 e. The monoisotopic (exact) mass is 241 g/mol. The number of carbonyl (C=O) groups is 2. The lowest BCUT2D eigenvalue weighted by Gasteiger charge is -2.09. The van der Waals surface area contributed by atoms with Crippen LogP contribution in [0.2, 0.25) is 0 Å². The Morgan fingerprint density at radius 3 is 2.65 bits per heavy atom. The first-order valence-corrected chi connectivity index (χ1v) is 4.72. The third-order valence-corrected chi connectivity index (χ3v) is 2.09. The van der Waals surface area contributed by atoms with Crippen LogP contribution in [0.5, 0.6) is 0 Å². The fraction of sp³-hybridized carbons (Fsp3) is 0.200. The van der Waals surface area contributed by atoms with Crippen LogP contribution in [0.4, 0.5) is 15.8 Å². The number of carboxylic acid groups (broad SMARTS) is 1. The SMILES string of the molecule is CNC(=O)CNc1cc(C(=O)O)c(N)cc1F. The number of aromatic carboxylic acids is 1. The van der Waals surface area contributed by atoms with Gasteiger partial charge in [-0.1, -0.05) is 0 Å². The number of carboxylic acids is 1. The summed E-state index contributed by atoms with van der Waals surface area (Å²) < 4.78 is 13.4. The van der Waals surface area contributed by atoms with E-state index >= 15 is 0 Å². The minimum atomic E-state index is -1.26. The molecule has 92 valence electrons. The molecule has 0 spiro atoms. The van der Waals surface area contributed by atoms with Crippen molar-refractivity contribution < 1.29 is 19.1 Å². The van der Waals surface area contributed by atoms with Crippen LogP contribution in [0.15, 0.2) is 12.1 Å². The van der Waals surface area contributed by atoms with Gasteiger partial charge < -0.3 is 21.5 Å². The summed E-state index contributed by atoms with van der Waals surface area (Å²) in [5.74, 6) is -2.32. The van der Waals surface area contributed by atoms with Gasteiger partial charge in [0, 0.05) is 12.7 Å². The average molecular weight is 241 g/mol. The average Bonchev–Trinajstić information content (AvgIpc) is 2.26. The van der Waals surface area contributed by atoms with E-state index in [1.54, 1.807) is 0 Å². The van der Waals surface area contributed by atoms with Crippen LogP contribution in [0.25, 0.3) is 0 Å². The molecule has 1 amide bonds. The largest absolute Gasteiger partial charge is 0.478 e. The zero-order valence-corrected chi connectivity index (χ0v) is 9.08. The molecule has 0 atom stereocenters. The van der Waals surface area contributed by atoms with Crippen LogP contribution < -0.4 is 16.4 Å². The number of rotatable bonds is 4. The van der Waals surface area contributed by atoms with Crippen molar-refractivity contribution in [1.29, 1.82) is 0 Å². The van der Waals surface area contributed by atoms with Gasteiger partial charge in [-0.15, -0.1) is 0 Å². The van der Waals surface area contributed by atoms with Gasteiger partial charge in [-0.2, -0.15) is 0 Å². The second-order valence-electron chi connectivity index (χ2n) is 3.25. The Kier molecular flexibility index (Phi) is 3.86. The molecule has 1 aromatic rings. The lowest BCUT2D eigenvalue weighted by atomic mass is 10.1. The highest BCUT2D eigenvalue weighted by molar-refractivity contribution is 5.95. The summed E-state index contributed by atoms with van der Waals surface area (Å²) in [5.41, 5.74) is 4.88. The van der Waals surface area contributed by atoms with Crippen LogP contribution in [-0.4, -0.2) is 30.6 Å². The Bertz CT molecular complexity index is 462. The summed E-state index contributed by atoms with van der Waals surface area (Å²) in [6.07, 6.45) is 0. The maximum atomic E-state index is 13.4. The number of hydrogen-bond acceptors (Lipinski definition) is 4. The first-order valence-electron chi connectivity index (χ1n) is 4.72. The number of carbonyl (C=O) groups excluding carboxylic acids is 1. The fourth-order valence-electron chi connectivity index (χ4n) is 1.17. The summed E-state index contributed by atoms with van der Waals surface area (Å²) in [5, 5.41) is 13.6. The number of anilines is 2. The lowest BCUT2D eigenvalue weighted by Crippen LogP contribution is -2.26. The van der Waals surface area contributed by atoms with E-state index in [0.29, 0.717) is 0 Å². The molecule has 0 aliphatic heterocycles. The normalized spacial score (nSPS) is 9.76. The molecule has 0 unspecified atom stereocenters. The first-order chi connectivity index (χ1) is 7.95. The number of nitrogens with one attached hydrogen (secondary N) is 2. The Labute approximate surface area is 96.6 Å². The van der Waals surface area contributed by atoms with Gasteiger partial charge in [0.1, 0.15) is 5.82 Å². The van der Waals surface area contributed by atoms with Gasteiger partial charge in [0.25, 0.3) is 0 Å². The van der Waals surface area contributed by atoms with Crippen molar-refractivity contribution in [2.24, 2.45) is 0 Å². The van der Waals surface area contributed by atoms with Gasteiger partial charge in [-0.3, -0.25) is 4.79 Å². The highest BCUT2D eigenvalue weighted by Crippen LogP contribution is 2.22. The Morgan fingerprint density at radius 1 is 1.47 bits per heavy atom. The number of halogens is 1. The molecule has 0 saturated heterocycles. The van der Waals surface area contributed by atoms with Crippen molar-refractivity contribution in [3.05, 3.63) is 23.5 Å². The third kappa shape index (κ3) is 3.07. The van der Waals surface area contributed by atoms with Crippen molar-refractivity contribution >= 4 is 23.3 Å². The molecular formula is C10H12FN3O3. The molecule has 17 heavy (non-hydrogen) atoms. The second-order valence-corrected chi connectivity index (χ2v) is 3.25. The minimum Gasteiger partial charge on any atom is -0.478 e. The van der Waals surface area contributed by atoms with Crippen molar-refractivity contribution in [2.45, 2.75) is 0 Å². The maximum absolute atomic E-state index is 13.4. The van der Waals surface area contributed by atoms with Crippen LogP contribution >= 0.6 is 0 Å². The molecule has 0 aliphatic carbocycles. The van der Waals surface area contributed by atoms with E-state index in [1.165, 1.54) is 7.05 Å². The lowest BCUT2D eigenvalue weighted by molar-refractivity contribution is -0.118. The van der Waals surface area contributed by atoms with Gasteiger partial charge in [-0.05, 0) is 12.1 Å². The van der Waals surface area contributed by atoms with Crippen molar-refractivity contribution in [3.8, 4) is 0 Å². The van der Waals surface area contributed by atoms with E-state index in [4.69, 9.17) is 10.8 Å². The number of amides is 1. The topological polar surface area (TPSA) is 104 Å². The minimum absolute atomic E-state index is 0.0831. The van der Waals surface area contributed by atoms with Gasteiger partial charge in [0.15, 0.2) is 0 Å². The summed E-state index contributed by atoms with van der Waals surface area (Å²) in [6.45, 7) is -0.156. The van der Waals surface area contributed by atoms with Gasteiger partial charge in [0.2, 0.25) is 5.91 Å². The van der Waals surface area contributed by atoms with Crippen LogP contribution in [-0.2, 0) is 4.79 Å². The predicted molar refractivity (Wildman–Crippen MR) is 60.3 cm³/mol. The molecule has 0 aliphatic rings. The smallest absolute Gasteiger partial charge is 0.337 e. The summed E-state index contributed by atoms with van der Waals surface area (Å²) >= 11 is 0. The number of nitrogens with two attached hydrogens (primary N) is 1. The molecular weight excluding hydrogens is 229 g/mol. The predicted octanol–water partition coefficient (Wildman–Crippen LogP) is 0.264. The van der Waals surface area contributed by atoms with Crippen molar-refractivity contribution in [2.75, 3.05) is 24.6 Å². The van der Waals surface area contributed by atoms with E-state index in [-0.39, 0.29) is 29.4 Å². The van der Waals surface area contributed by atoms with Gasteiger partial charge in [-0.25, -0.2) is 9.18 Å². The molecule has 1 rings (SSSR count). The van der Waals surface area contributed by atoms with E-state index in [2.05, 4.69) is 10.6 Å². The molecule has 0 heterocycles. The molecule has 0 bridgehead atoms. The van der Waals surface area contributed by atoms with Crippen molar-refractivity contribution in [1.82, 2.24) is 5.32 Å². The van der Waals surface area contributed by atoms with E-state index < -0.39 is 11.8 Å². The fourth-order valence-corrected chi connectivity index (χ4v) is 1.17. The van der Waals surface area contributed by atoms with Crippen LogP contribution in [0.1, 0.15) is 10.4 Å². The molecule has 7 heteroatoms. The Hall–Kier alpha value is -2.31. The molecule has 0 fully saturated rings. The zero-order chi connectivity index (χ0) is 13.0. The number of hydrogen-bond donors (Lipinski definition) is 4. The van der Waals surface area contributed by atoms with E-state index in [1.807, 2.05) is 0 Å². The third-order valence-electron chi connectivity index (χ3n) is 2.09. The van der Waals surface area contributed by atoms with Crippen molar-refractivity contribution in [3.63, 3.8) is 0 Å². The molecule has 0 saturated carbocycles. The van der Waals surface area contributed by atoms with E-state index in [0.717, 1.165) is 12.1 Å². The molecule has 0 aromatic heterocycles. The Balaban J connectivity index is 2.96. The van der Waals surface area contributed by atoms with Crippen LogP contribution in [0.3, 0.4) is 0 Å². The second kappa shape index (κ2) is 5.15. The molecule has 5 N–H and O–H groups in total. The van der Waals surface area contributed by atoms with Gasteiger partial charge >= 0.3 is 5.97 Å². The molecule has 6 nitrogen and oxygen atoms in total. The summed E-state index contributed by atoms with van der Waals surface area (Å²) in [6, 6.07) is 1.95. The highest BCUT2D eigenvalue weighted by atomic mass is 19.1. The van der Waals surface area contributed by atoms with Gasteiger partial charge in [0.05, 0.1) is 17.8 Å². The number of nitrogen functional groups attached to an aromatic ring is 1. The summed E-state index contributed by atoms with van der Waals surface area (Å²) in [4.78, 5) is 21.7. The standard InChI is InChI=1S/C10H12FN3O3/c1-13-9(15)4-14-8-2-5(10(16)17)7(12)3-6(8)11/h2-3,14H,4,12H2,1H3,(H,13,15)(H,16,17). The quantitative estimate of drug-likeness (QED) is 0.566. The molecule has 1 aromatic carbocycles. The summed E-state index contributed by atoms with van der Waals surface area (Å²) in [7, 11) is 1.44. The highest BCUT2D eigenvalue weighted by Gasteiger charge is 2.13. The zero-order valence-electron chi connectivity index (χ0n) is 9.08. The molecule has 0 radical (unpaired) electrons. The number of likely N-dealkylation sites (N-methyl/N-ethyl adjacent to an activating group) is 1. The number of benzene rings is 1. The first kappa shape index (κ1) is 12.8. The Morgan fingerprint density at radius 2 is 2.12 bits per heavy atom.